The van der Waals surface area contributed by atoms with E-state index in [1.165, 1.54) is 12.1 Å². The molecule has 2 atom stereocenters. The van der Waals surface area contributed by atoms with Gasteiger partial charge in [0.2, 0.25) is 5.95 Å². The van der Waals surface area contributed by atoms with Gasteiger partial charge in [0, 0.05) is 38.3 Å². The summed E-state index contributed by atoms with van der Waals surface area (Å²) in [6.45, 7) is 6.94. The lowest BCUT2D eigenvalue weighted by molar-refractivity contribution is -0.137. The molecule has 0 amide bonds. The summed E-state index contributed by atoms with van der Waals surface area (Å²) < 4.78 is 44.0. The van der Waals surface area contributed by atoms with Crippen molar-refractivity contribution in [1.29, 1.82) is 0 Å². The van der Waals surface area contributed by atoms with E-state index in [1.807, 2.05) is 18.7 Å². The lowest BCUT2D eigenvalue weighted by Gasteiger charge is -2.36. The van der Waals surface area contributed by atoms with Crippen molar-refractivity contribution in [3.8, 4) is 0 Å². The first-order valence-corrected chi connectivity index (χ1v) is 10.1. The van der Waals surface area contributed by atoms with Gasteiger partial charge in [0.15, 0.2) is 0 Å². The Labute approximate surface area is 172 Å². The average Bonchev–Trinajstić information content (AvgIpc) is 2.66. The molecular weight excluding hydrogens is 397 g/mol. The normalized spacial score (nSPS) is 22.8. The molecule has 2 aliphatic rings. The van der Waals surface area contributed by atoms with E-state index in [0.717, 1.165) is 23.4 Å². The number of anilines is 1. The molecule has 9 heteroatoms. The predicted molar refractivity (Wildman–Crippen MR) is 106 cm³/mol. The highest BCUT2D eigenvalue weighted by Gasteiger charge is 2.30. The maximum atomic E-state index is 12.8. The number of rotatable bonds is 3. The van der Waals surface area contributed by atoms with Gasteiger partial charge < -0.3 is 9.64 Å². The highest BCUT2D eigenvalue weighted by molar-refractivity contribution is 5.35. The molecule has 4 rings (SSSR count). The van der Waals surface area contributed by atoms with E-state index in [-0.39, 0.29) is 17.8 Å². The summed E-state index contributed by atoms with van der Waals surface area (Å²) in [6, 6.07) is 5.22. The zero-order chi connectivity index (χ0) is 21.5. The molecule has 6 nitrogen and oxygen atoms in total. The van der Waals surface area contributed by atoms with Crippen LogP contribution in [0.4, 0.5) is 19.1 Å². The second-order valence-corrected chi connectivity index (χ2v) is 8.13. The average molecular weight is 422 g/mol. The van der Waals surface area contributed by atoms with Crippen molar-refractivity contribution < 1.29 is 17.9 Å². The van der Waals surface area contributed by atoms with Gasteiger partial charge in [-0.25, -0.2) is 4.98 Å². The summed E-state index contributed by atoms with van der Waals surface area (Å²) >= 11 is 0. The first-order valence-electron chi connectivity index (χ1n) is 10.1. The summed E-state index contributed by atoms with van der Waals surface area (Å²) in [6.07, 6.45) is -3.68. The lowest BCUT2D eigenvalue weighted by atomic mass is 10.0. The SMILES string of the molecule is C[C@H]1CN(c2nc3c(c(=O)[nH]2)CCN(Cc2ccc(C(F)(F)F)cc2)C3)C[C@H](C)O1. The van der Waals surface area contributed by atoms with Crippen molar-refractivity contribution in [2.45, 2.75) is 51.7 Å². The number of aromatic amines is 1. The smallest absolute Gasteiger partial charge is 0.372 e. The van der Waals surface area contributed by atoms with Crippen LogP contribution in [0, 0.1) is 0 Å². The molecule has 0 unspecified atom stereocenters. The van der Waals surface area contributed by atoms with Crippen LogP contribution in [0.5, 0.6) is 0 Å². The molecule has 1 aromatic carbocycles. The van der Waals surface area contributed by atoms with E-state index in [2.05, 4.69) is 9.88 Å². The van der Waals surface area contributed by atoms with Crippen molar-refractivity contribution >= 4 is 5.95 Å². The Bertz CT molecular complexity index is 948. The summed E-state index contributed by atoms with van der Waals surface area (Å²) in [5, 5.41) is 0. The van der Waals surface area contributed by atoms with Crippen molar-refractivity contribution in [3.05, 3.63) is 57.0 Å². The van der Waals surface area contributed by atoms with Gasteiger partial charge in [-0.05, 0) is 38.0 Å². The number of morpholine rings is 1. The molecule has 1 aromatic heterocycles. The number of benzene rings is 1. The highest BCUT2D eigenvalue weighted by atomic mass is 19.4. The topological polar surface area (TPSA) is 61.5 Å². The summed E-state index contributed by atoms with van der Waals surface area (Å²) in [7, 11) is 0. The molecule has 1 fully saturated rings. The van der Waals surface area contributed by atoms with Gasteiger partial charge in [0.1, 0.15) is 0 Å². The van der Waals surface area contributed by atoms with Gasteiger partial charge in [-0.15, -0.1) is 0 Å². The van der Waals surface area contributed by atoms with Gasteiger partial charge in [0.05, 0.1) is 23.5 Å². The minimum Gasteiger partial charge on any atom is -0.372 e. The van der Waals surface area contributed by atoms with E-state index in [0.29, 0.717) is 50.7 Å². The molecule has 2 aromatic rings. The van der Waals surface area contributed by atoms with Crippen LogP contribution in [-0.2, 0) is 30.4 Å². The molecule has 1 N–H and O–H groups in total. The van der Waals surface area contributed by atoms with Crippen LogP contribution in [0.1, 0.15) is 36.2 Å². The zero-order valence-electron chi connectivity index (χ0n) is 17.0. The Morgan fingerprint density at radius 3 is 2.47 bits per heavy atom. The monoisotopic (exact) mass is 422 g/mol. The van der Waals surface area contributed by atoms with Gasteiger partial charge in [-0.2, -0.15) is 13.2 Å². The van der Waals surface area contributed by atoms with Crippen LogP contribution in [0.15, 0.2) is 29.1 Å². The molecule has 0 spiro atoms. The molecule has 0 radical (unpaired) electrons. The van der Waals surface area contributed by atoms with E-state index in [1.54, 1.807) is 0 Å². The number of hydrogen-bond acceptors (Lipinski definition) is 5. The highest BCUT2D eigenvalue weighted by Crippen LogP contribution is 2.29. The first kappa shape index (κ1) is 20.9. The van der Waals surface area contributed by atoms with Crippen molar-refractivity contribution in [2.24, 2.45) is 0 Å². The van der Waals surface area contributed by atoms with Crippen LogP contribution in [-0.4, -0.2) is 46.7 Å². The predicted octanol–water partition coefficient (Wildman–Crippen LogP) is 2.96. The zero-order valence-corrected chi connectivity index (χ0v) is 17.0. The van der Waals surface area contributed by atoms with Crippen molar-refractivity contribution in [1.82, 2.24) is 14.9 Å². The number of halogens is 3. The minimum absolute atomic E-state index is 0.0475. The van der Waals surface area contributed by atoms with Crippen LogP contribution in [0.2, 0.25) is 0 Å². The summed E-state index contributed by atoms with van der Waals surface area (Å²) in [5.74, 6) is 0.553. The van der Waals surface area contributed by atoms with Crippen molar-refractivity contribution in [3.63, 3.8) is 0 Å². The Morgan fingerprint density at radius 2 is 1.83 bits per heavy atom. The fourth-order valence-corrected chi connectivity index (χ4v) is 4.17. The molecule has 0 bridgehead atoms. The molecule has 30 heavy (non-hydrogen) atoms. The lowest BCUT2D eigenvalue weighted by Crippen LogP contribution is -2.47. The third-order valence-electron chi connectivity index (χ3n) is 5.55. The minimum atomic E-state index is -4.33. The maximum absolute atomic E-state index is 12.8. The third-order valence-corrected chi connectivity index (χ3v) is 5.55. The fourth-order valence-electron chi connectivity index (χ4n) is 4.17. The van der Waals surface area contributed by atoms with Gasteiger partial charge in [-0.3, -0.25) is 14.7 Å². The third kappa shape index (κ3) is 4.52. The molecule has 2 aliphatic heterocycles. The molecule has 1 saturated heterocycles. The number of aromatic nitrogens is 2. The number of fused-ring (bicyclic) bond motifs is 1. The van der Waals surface area contributed by atoms with E-state index >= 15 is 0 Å². The summed E-state index contributed by atoms with van der Waals surface area (Å²) in [5.41, 5.74) is 1.46. The van der Waals surface area contributed by atoms with Crippen LogP contribution >= 0.6 is 0 Å². The number of nitrogens with zero attached hydrogens (tertiary/aromatic N) is 3. The van der Waals surface area contributed by atoms with Gasteiger partial charge >= 0.3 is 6.18 Å². The molecule has 0 aliphatic carbocycles. The van der Waals surface area contributed by atoms with Gasteiger partial charge in [-0.1, -0.05) is 12.1 Å². The van der Waals surface area contributed by atoms with Crippen LogP contribution in [0.3, 0.4) is 0 Å². The number of ether oxygens (including phenoxy) is 1. The fraction of sp³-hybridized carbons (Fsp3) is 0.524. The number of alkyl halides is 3. The Hall–Kier alpha value is -2.39. The summed E-state index contributed by atoms with van der Waals surface area (Å²) in [4.78, 5) is 24.4. The van der Waals surface area contributed by atoms with Gasteiger partial charge in [0.25, 0.3) is 5.56 Å². The van der Waals surface area contributed by atoms with E-state index < -0.39 is 11.7 Å². The second kappa shape index (κ2) is 8.03. The van der Waals surface area contributed by atoms with Crippen LogP contribution in [0.25, 0.3) is 0 Å². The quantitative estimate of drug-likeness (QED) is 0.824. The van der Waals surface area contributed by atoms with Crippen molar-refractivity contribution in [2.75, 3.05) is 24.5 Å². The Balaban J connectivity index is 1.50. The number of nitrogens with one attached hydrogen (secondary N) is 1. The van der Waals surface area contributed by atoms with E-state index in [9.17, 15) is 18.0 Å². The first-order chi connectivity index (χ1) is 14.2. The largest absolute Gasteiger partial charge is 0.416 e. The number of hydrogen-bond donors (Lipinski definition) is 1. The Kier molecular flexibility index (Phi) is 5.59. The molecular formula is C21H25F3N4O2. The van der Waals surface area contributed by atoms with E-state index in [4.69, 9.17) is 9.72 Å². The van der Waals surface area contributed by atoms with Crippen LogP contribution < -0.4 is 10.5 Å². The molecule has 0 saturated carbocycles. The standard InChI is InChI=1S/C21H25F3N4O2/c1-13-9-28(10-14(2)30-13)20-25-18-12-27(8-7-17(18)19(29)26-20)11-15-3-5-16(6-4-15)21(22,23)24/h3-6,13-14H,7-12H2,1-2H3,(H,25,26,29)/t13-,14-/m0/s1. The number of H-pyrrole nitrogens is 1. The Morgan fingerprint density at radius 1 is 1.17 bits per heavy atom. The maximum Gasteiger partial charge on any atom is 0.416 e. The second-order valence-electron chi connectivity index (χ2n) is 8.13. The molecule has 3 heterocycles. The molecule has 162 valence electrons.